The molecule has 0 aromatic heterocycles. The molecule has 0 radical (unpaired) electrons. The Bertz CT molecular complexity index is 115. The number of hydrogen-bond acceptors (Lipinski definition) is 2. The zero-order chi connectivity index (χ0) is 6.57. The van der Waals surface area contributed by atoms with E-state index in [1.54, 1.807) is 0 Å². The van der Waals surface area contributed by atoms with Gasteiger partial charge in [0.25, 0.3) is 6.21 Å². The number of nitrogens with one attached hydrogen (secondary N) is 1. The van der Waals surface area contributed by atoms with Crippen LogP contribution in [-0.2, 0) is 4.79 Å². The summed E-state index contributed by atoms with van der Waals surface area (Å²) in [5.41, 5.74) is 0. The van der Waals surface area contributed by atoms with Crippen molar-refractivity contribution in [2.24, 2.45) is 0 Å². The van der Waals surface area contributed by atoms with Crippen molar-refractivity contribution in [3.8, 4) is 0 Å². The van der Waals surface area contributed by atoms with E-state index < -0.39 is 0 Å². The second-order valence-corrected chi connectivity index (χ2v) is 1.32. The van der Waals surface area contributed by atoms with E-state index in [9.17, 15) is 4.79 Å². The van der Waals surface area contributed by atoms with Gasteiger partial charge < -0.3 is 5.32 Å². The van der Waals surface area contributed by atoms with Gasteiger partial charge in [0.2, 0.25) is 0 Å². The van der Waals surface area contributed by atoms with Crippen LogP contribution in [0.3, 0.4) is 0 Å². The zero-order valence-corrected chi connectivity index (χ0v) is 4.88. The van der Waals surface area contributed by atoms with Crippen molar-refractivity contribution in [2.45, 2.75) is 0 Å². The van der Waals surface area contributed by atoms with Gasteiger partial charge in [0, 0.05) is 7.05 Å². The summed E-state index contributed by atoms with van der Waals surface area (Å²) >= 11 is 0. The Morgan fingerprint density at radius 1 is 1.88 bits per heavy atom. The molecule has 0 aromatic carbocycles. The maximum absolute atomic E-state index is 10.3. The normalized spacial score (nSPS) is 11.0. The molecule has 2 N–H and O–H groups in total. The average Bonchev–Trinajstić information content (AvgIpc) is 1.65. The molecule has 0 atom stereocenters. The summed E-state index contributed by atoms with van der Waals surface area (Å²) in [6.07, 6.45) is 1.03. The number of hydroxylamine groups is 1. The SMILES string of the molecule is CNC(=O)/C=[N+](\C)O. The Morgan fingerprint density at radius 2 is 2.38 bits per heavy atom. The van der Waals surface area contributed by atoms with Crippen LogP contribution in [0.2, 0.25) is 0 Å². The van der Waals surface area contributed by atoms with Gasteiger partial charge in [-0.05, 0) is 4.74 Å². The second kappa shape index (κ2) is 3.01. The third-order valence-corrected chi connectivity index (χ3v) is 0.550. The molecular formula is C4H9N2O2+. The number of amides is 1. The van der Waals surface area contributed by atoms with Crippen LogP contribution >= 0.6 is 0 Å². The fourth-order valence-corrected chi connectivity index (χ4v) is 0.234. The van der Waals surface area contributed by atoms with E-state index in [2.05, 4.69) is 5.32 Å². The molecule has 0 aliphatic heterocycles. The first-order chi connectivity index (χ1) is 3.66. The minimum Gasteiger partial charge on any atom is -0.350 e. The molecule has 4 nitrogen and oxygen atoms in total. The topological polar surface area (TPSA) is 52.3 Å². The number of rotatable bonds is 1. The lowest BCUT2D eigenvalue weighted by Gasteiger charge is -1.83. The zero-order valence-electron chi connectivity index (χ0n) is 4.88. The highest BCUT2D eigenvalue weighted by Gasteiger charge is 1.96. The molecule has 4 heteroatoms. The van der Waals surface area contributed by atoms with Crippen molar-refractivity contribution in [3.63, 3.8) is 0 Å². The lowest BCUT2D eigenvalue weighted by molar-refractivity contribution is -0.750. The van der Waals surface area contributed by atoms with Gasteiger partial charge in [-0.15, -0.1) is 0 Å². The molecular weight excluding hydrogens is 108 g/mol. The minimum atomic E-state index is -0.324. The highest BCUT2D eigenvalue weighted by molar-refractivity contribution is 6.23. The van der Waals surface area contributed by atoms with Crippen LogP contribution in [0.4, 0.5) is 0 Å². The Kier molecular flexibility index (Phi) is 2.61. The van der Waals surface area contributed by atoms with E-state index in [1.807, 2.05) is 0 Å². The highest BCUT2D eigenvalue weighted by atomic mass is 16.5. The van der Waals surface area contributed by atoms with Crippen LogP contribution in [0.5, 0.6) is 0 Å². The Morgan fingerprint density at radius 3 is 2.50 bits per heavy atom. The molecule has 0 rings (SSSR count). The van der Waals surface area contributed by atoms with Crippen LogP contribution in [-0.4, -0.2) is 36.2 Å². The van der Waals surface area contributed by atoms with Gasteiger partial charge in [-0.3, -0.25) is 10.0 Å². The molecule has 0 aliphatic carbocycles. The maximum atomic E-state index is 10.3. The predicted octanol–water partition coefficient (Wildman–Crippen LogP) is -1.17. The summed E-state index contributed by atoms with van der Waals surface area (Å²) in [7, 11) is 2.84. The molecule has 0 spiro atoms. The smallest absolute Gasteiger partial charge is 0.312 e. The first-order valence-electron chi connectivity index (χ1n) is 2.15. The lowest BCUT2D eigenvalue weighted by Crippen LogP contribution is -2.22. The molecule has 0 unspecified atom stereocenters. The maximum Gasteiger partial charge on any atom is 0.312 e. The lowest BCUT2D eigenvalue weighted by atomic mass is 10.7. The number of hydrogen-bond donors (Lipinski definition) is 2. The number of carbonyl (C=O) groups excluding carboxylic acids is 1. The van der Waals surface area contributed by atoms with Gasteiger partial charge in [-0.25, -0.2) is 0 Å². The second-order valence-electron chi connectivity index (χ2n) is 1.32. The predicted molar refractivity (Wildman–Crippen MR) is 28.1 cm³/mol. The quantitative estimate of drug-likeness (QED) is 0.197. The summed E-state index contributed by atoms with van der Waals surface area (Å²) in [5, 5.41) is 10.7. The Labute approximate surface area is 47.4 Å². The molecule has 46 valence electrons. The third-order valence-electron chi connectivity index (χ3n) is 0.550. The van der Waals surface area contributed by atoms with Crippen molar-refractivity contribution in [2.75, 3.05) is 14.1 Å². The Balaban J connectivity index is 3.70. The molecule has 0 bridgehead atoms. The first kappa shape index (κ1) is 6.94. The van der Waals surface area contributed by atoms with Gasteiger partial charge in [0.1, 0.15) is 0 Å². The summed E-state index contributed by atoms with van der Waals surface area (Å²) in [6, 6.07) is 0. The van der Waals surface area contributed by atoms with Crippen molar-refractivity contribution in [1.82, 2.24) is 5.32 Å². The summed E-state index contributed by atoms with van der Waals surface area (Å²) in [5.74, 6) is -0.324. The molecule has 0 aliphatic rings. The monoisotopic (exact) mass is 117 g/mol. The molecule has 1 amide bonds. The molecule has 0 fully saturated rings. The highest BCUT2D eigenvalue weighted by Crippen LogP contribution is 1.53. The molecule has 0 heterocycles. The van der Waals surface area contributed by atoms with Crippen LogP contribution in [0.25, 0.3) is 0 Å². The third kappa shape index (κ3) is 3.14. The van der Waals surface area contributed by atoms with Gasteiger partial charge in [-0.2, -0.15) is 0 Å². The molecule has 0 aromatic rings. The first-order valence-corrected chi connectivity index (χ1v) is 2.15. The summed E-state index contributed by atoms with van der Waals surface area (Å²) in [6.45, 7) is 0. The van der Waals surface area contributed by atoms with Crippen LogP contribution < -0.4 is 5.32 Å². The van der Waals surface area contributed by atoms with Crippen LogP contribution in [0, 0.1) is 0 Å². The standard InChI is InChI=1S/C4H8N2O2/c1-5-4(7)3-6(2)8/h3H,1-2H3,(H-,5,7,8)/p+1. The van der Waals surface area contributed by atoms with Crippen molar-refractivity contribution in [3.05, 3.63) is 0 Å². The van der Waals surface area contributed by atoms with E-state index in [4.69, 9.17) is 5.21 Å². The van der Waals surface area contributed by atoms with Crippen LogP contribution in [0.15, 0.2) is 0 Å². The fourth-order valence-electron chi connectivity index (χ4n) is 0.234. The van der Waals surface area contributed by atoms with Crippen molar-refractivity contribution < 1.29 is 14.7 Å². The number of nitrogens with zero attached hydrogens (tertiary/aromatic N) is 1. The van der Waals surface area contributed by atoms with Gasteiger partial charge in [0.15, 0.2) is 7.05 Å². The minimum absolute atomic E-state index is 0.324. The van der Waals surface area contributed by atoms with Crippen molar-refractivity contribution >= 4 is 12.1 Å². The molecule has 0 saturated heterocycles. The van der Waals surface area contributed by atoms with E-state index >= 15 is 0 Å². The van der Waals surface area contributed by atoms with E-state index in [0.717, 1.165) is 6.21 Å². The average molecular weight is 117 g/mol. The summed E-state index contributed by atoms with van der Waals surface area (Å²) < 4.78 is 0.693. The number of carbonyl (C=O) groups is 1. The van der Waals surface area contributed by atoms with Gasteiger partial charge in [0.05, 0.1) is 0 Å². The molecule has 0 saturated carbocycles. The summed E-state index contributed by atoms with van der Waals surface area (Å²) in [4.78, 5) is 10.3. The van der Waals surface area contributed by atoms with E-state index in [0.29, 0.717) is 4.74 Å². The largest absolute Gasteiger partial charge is 0.350 e. The van der Waals surface area contributed by atoms with E-state index in [1.165, 1.54) is 14.1 Å². The van der Waals surface area contributed by atoms with Crippen molar-refractivity contribution in [1.29, 1.82) is 0 Å². The molecule has 8 heavy (non-hydrogen) atoms. The fraction of sp³-hybridized carbons (Fsp3) is 0.500. The Hall–Kier alpha value is -1.06. The van der Waals surface area contributed by atoms with Gasteiger partial charge in [-0.1, -0.05) is 0 Å². The van der Waals surface area contributed by atoms with E-state index in [-0.39, 0.29) is 5.91 Å². The van der Waals surface area contributed by atoms with Crippen LogP contribution in [0.1, 0.15) is 0 Å². The van der Waals surface area contributed by atoms with Gasteiger partial charge >= 0.3 is 5.91 Å².